The Bertz CT molecular complexity index is 1100. The van der Waals surface area contributed by atoms with Crippen molar-refractivity contribution in [2.24, 2.45) is 0 Å². The van der Waals surface area contributed by atoms with Crippen molar-refractivity contribution in [1.29, 1.82) is 0 Å². The Morgan fingerprint density at radius 1 is 0.967 bits per heavy atom. The van der Waals surface area contributed by atoms with Gasteiger partial charge in [-0.1, -0.05) is 42.5 Å². The van der Waals surface area contributed by atoms with Gasteiger partial charge in [0.05, 0.1) is 30.2 Å². The fourth-order valence-corrected chi connectivity index (χ4v) is 5.25. The average Bonchev–Trinajstić information content (AvgIpc) is 3.21. The van der Waals surface area contributed by atoms with Gasteiger partial charge in [0.2, 0.25) is 5.91 Å². The van der Waals surface area contributed by atoms with E-state index in [2.05, 4.69) is 4.72 Å². The van der Waals surface area contributed by atoms with E-state index in [1.165, 1.54) is 11.3 Å². The van der Waals surface area contributed by atoms with Crippen LogP contribution in [0.25, 0.3) is 11.1 Å². The second kappa shape index (κ2) is 8.99. The van der Waals surface area contributed by atoms with Gasteiger partial charge in [0.25, 0.3) is 10.0 Å². The molecule has 4 rings (SSSR count). The number of thiophene rings is 1. The Hall–Kier alpha value is -2.68. The maximum Gasteiger partial charge on any atom is 0.261 e. The van der Waals surface area contributed by atoms with Gasteiger partial charge in [-0.15, -0.1) is 11.3 Å². The largest absolute Gasteiger partial charge is 0.378 e. The van der Waals surface area contributed by atoms with E-state index >= 15 is 0 Å². The number of carbonyl (C=O) groups excluding carboxylic acids is 1. The fourth-order valence-electron chi connectivity index (χ4n) is 3.30. The summed E-state index contributed by atoms with van der Waals surface area (Å²) in [7, 11) is -3.75. The van der Waals surface area contributed by atoms with E-state index in [1.807, 2.05) is 35.7 Å². The highest BCUT2D eigenvalue weighted by atomic mass is 32.2. The molecule has 1 aromatic heterocycles. The number of nitrogens with one attached hydrogen (secondary N) is 1. The quantitative estimate of drug-likeness (QED) is 0.633. The molecule has 0 spiro atoms. The summed E-state index contributed by atoms with van der Waals surface area (Å²) in [5, 5.41) is 3.53. The summed E-state index contributed by atoms with van der Waals surface area (Å²) in [5.41, 5.74) is 3.10. The van der Waals surface area contributed by atoms with E-state index in [1.54, 1.807) is 34.5 Å². The van der Waals surface area contributed by atoms with Crippen LogP contribution in [0.15, 0.2) is 70.3 Å². The smallest absolute Gasteiger partial charge is 0.261 e. The van der Waals surface area contributed by atoms with Gasteiger partial charge < -0.3 is 9.64 Å². The van der Waals surface area contributed by atoms with Crippen LogP contribution in [0, 0.1) is 0 Å². The lowest BCUT2D eigenvalue weighted by Crippen LogP contribution is -2.41. The maximum absolute atomic E-state index is 12.9. The van der Waals surface area contributed by atoms with Gasteiger partial charge in [-0.3, -0.25) is 9.52 Å². The monoisotopic (exact) mass is 442 g/mol. The molecular formula is C22H22N2O4S2. The molecular weight excluding hydrogens is 420 g/mol. The minimum absolute atomic E-state index is 0.0237. The van der Waals surface area contributed by atoms with Crippen molar-refractivity contribution in [3.63, 3.8) is 0 Å². The van der Waals surface area contributed by atoms with Crippen LogP contribution in [-0.4, -0.2) is 45.5 Å². The van der Waals surface area contributed by atoms with Gasteiger partial charge in [-0.2, -0.15) is 0 Å². The number of nitrogens with zero attached hydrogens (tertiary/aromatic N) is 1. The second-order valence-electron chi connectivity index (χ2n) is 6.98. The molecule has 2 aromatic carbocycles. The normalized spacial score (nSPS) is 14.5. The number of hydrogen-bond donors (Lipinski definition) is 1. The van der Waals surface area contributed by atoms with Gasteiger partial charge in [-0.25, -0.2) is 8.42 Å². The molecule has 2 heterocycles. The third kappa shape index (κ3) is 4.72. The molecule has 1 amide bonds. The van der Waals surface area contributed by atoms with Gasteiger partial charge in [-0.05, 0) is 34.2 Å². The van der Waals surface area contributed by atoms with Gasteiger partial charge >= 0.3 is 0 Å². The highest BCUT2D eigenvalue weighted by Gasteiger charge is 2.21. The molecule has 1 aliphatic heterocycles. The van der Waals surface area contributed by atoms with E-state index in [0.717, 1.165) is 11.1 Å². The second-order valence-corrected chi connectivity index (χ2v) is 9.40. The van der Waals surface area contributed by atoms with E-state index in [-0.39, 0.29) is 17.2 Å². The highest BCUT2D eigenvalue weighted by molar-refractivity contribution is 7.92. The van der Waals surface area contributed by atoms with Gasteiger partial charge in [0, 0.05) is 18.5 Å². The van der Waals surface area contributed by atoms with Gasteiger partial charge in [0.15, 0.2) is 0 Å². The number of carbonyl (C=O) groups is 1. The average molecular weight is 443 g/mol. The number of benzene rings is 2. The number of hydrogen-bond acceptors (Lipinski definition) is 5. The van der Waals surface area contributed by atoms with E-state index in [0.29, 0.717) is 37.6 Å². The lowest BCUT2D eigenvalue weighted by atomic mass is 10.1. The summed E-state index contributed by atoms with van der Waals surface area (Å²) < 4.78 is 33.7. The molecule has 1 aliphatic rings. The van der Waals surface area contributed by atoms with E-state index < -0.39 is 10.0 Å². The summed E-state index contributed by atoms with van der Waals surface area (Å²) in [6, 6.07) is 16.5. The lowest BCUT2D eigenvalue weighted by molar-refractivity contribution is -0.134. The number of anilines is 1. The third-order valence-corrected chi connectivity index (χ3v) is 7.14. The molecule has 3 aromatic rings. The first-order valence-electron chi connectivity index (χ1n) is 9.62. The Morgan fingerprint density at radius 3 is 2.33 bits per heavy atom. The minimum Gasteiger partial charge on any atom is -0.378 e. The molecule has 8 heteroatoms. The summed E-state index contributed by atoms with van der Waals surface area (Å²) in [4.78, 5) is 14.5. The van der Waals surface area contributed by atoms with Crippen LogP contribution < -0.4 is 4.72 Å². The predicted octanol–water partition coefficient (Wildman–Crippen LogP) is 3.62. The first-order valence-corrected chi connectivity index (χ1v) is 12.0. The van der Waals surface area contributed by atoms with Crippen molar-refractivity contribution in [3.05, 3.63) is 70.9 Å². The van der Waals surface area contributed by atoms with Crippen LogP contribution in [-0.2, 0) is 26.0 Å². The fraction of sp³-hybridized carbons (Fsp3) is 0.227. The van der Waals surface area contributed by atoms with Crippen LogP contribution in [0.2, 0.25) is 0 Å². The van der Waals surface area contributed by atoms with Crippen molar-refractivity contribution in [1.82, 2.24) is 4.90 Å². The Morgan fingerprint density at radius 2 is 1.63 bits per heavy atom. The predicted molar refractivity (Wildman–Crippen MR) is 118 cm³/mol. The molecule has 1 fully saturated rings. The lowest BCUT2D eigenvalue weighted by Gasteiger charge is -2.26. The van der Waals surface area contributed by atoms with E-state index in [4.69, 9.17) is 4.74 Å². The zero-order valence-corrected chi connectivity index (χ0v) is 17.9. The molecule has 0 unspecified atom stereocenters. The van der Waals surface area contributed by atoms with Crippen molar-refractivity contribution < 1.29 is 17.9 Å². The minimum atomic E-state index is -3.75. The summed E-state index contributed by atoms with van der Waals surface area (Å²) in [6.07, 6.45) is 0.161. The number of morpholine rings is 1. The number of amides is 1. The molecule has 0 bridgehead atoms. The van der Waals surface area contributed by atoms with Crippen LogP contribution in [0.1, 0.15) is 5.56 Å². The molecule has 156 valence electrons. The van der Waals surface area contributed by atoms with Crippen LogP contribution in [0.4, 0.5) is 5.69 Å². The maximum atomic E-state index is 12.9. The topological polar surface area (TPSA) is 75.7 Å². The number of rotatable bonds is 6. The first-order chi connectivity index (χ1) is 14.5. The van der Waals surface area contributed by atoms with E-state index in [9.17, 15) is 13.2 Å². The molecule has 0 aliphatic carbocycles. The Labute approximate surface area is 180 Å². The Balaban J connectivity index is 1.47. The Kier molecular flexibility index (Phi) is 6.17. The molecule has 0 atom stereocenters. The van der Waals surface area contributed by atoms with Crippen LogP contribution in [0.3, 0.4) is 0 Å². The standard InChI is InChI=1S/C22H22N2O4S2/c25-22(24-10-12-28-13-11-24)14-19-15-29-16-21(19)23-30(26,27)20-8-6-18(7-9-20)17-4-2-1-3-5-17/h1-9,15-16,23H,10-14H2. The molecule has 30 heavy (non-hydrogen) atoms. The summed E-state index contributed by atoms with van der Waals surface area (Å²) >= 11 is 1.37. The molecule has 0 radical (unpaired) electrons. The third-order valence-electron chi connectivity index (χ3n) is 4.96. The zero-order chi connectivity index (χ0) is 21.0. The molecule has 0 saturated carbocycles. The van der Waals surface area contributed by atoms with Crippen molar-refractivity contribution in [3.8, 4) is 11.1 Å². The summed E-state index contributed by atoms with van der Waals surface area (Å²) in [6.45, 7) is 2.21. The summed E-state index contributed by atoms with van der Waals surface area (Å²) in [5.74, 6) is -0.0237. The highest BCUT2D eigenvalue weighted by Crippen LogP contribution is 2.27. The van der Waals surface area contributed by atoms with Crippen molar-refractivity contribution in [2.75, 3.05) is 31.0 Å². The molecule has 1 saturated heterocycles. The zero-order valence-electron chi connectivity index (χ0n) is 16.3. The van der Waals surface area contributed by atoms with Crippen molar-refractivity contribution >= 4 is 33.0 Å². The number of ether oxygens (including phenoxy) is 1. The van der Waals surface area contributed by atoms with Gasteiger partial charge in [0.1, 0.15) is 0 Å². The number of sulfonamides is 1. The molecule has 1 N–H and O–H groups in total. The van der Waals surface area contributed by atoms with Crippen LogP contribution in [0.5, 0.6) is 0 Å². The van der Waals surface area contributed by atoms with Crippen molar-refractivity contribution in [2.45, 2.75) is 11.3 Å². The molecule has 6 nitrogen and oxygen atoms in total. The van der Waals surface area contributed by atoms with Crippen LogP contribution >= 0.6 is 11.3 Å². The SMILES string of the molecule is O=C(Cc1cscc1NS(=O)(=O)c1ccc(-c2ccccc2)cc1)N1CCOCC1. The first kappa shape index (κ1) is 20.6.